The van der Waals surface area contributed by atoms with Gasteiger partial charge < -0.3 is 10.2 Å². The Morgan fingerprint density at radius 2 is 1.94 bits per heavy atom. The van der Waals surface area contributed by atoms with E-state index in [9.17, 15) is 0 Å². The first-order valence-electron chi connectivity index (χ1n) is 7.02. The van der Waals surface area contributed by atoms with Gasteiger partial charge in [-0.2, -0.15) is 0 Å². The molecule has 1 aromatic heterocycles. The van der Waals surface area contributed by atoms with Crippen LogP contribution in [0.25, 0.3) is 0 Å². The molecule has 0 bridgehead atoms. The number of pyridine rings is 1. The average molecular weight is 247 g/mol. The predicted octanol–water partition coefficient (Wildman–Crippen LogP) is 3.39. The highest BCUT2D eigenvalue weighted by Crippen LogP contribution is 2.28. The Bertz CT molecular complexity index is 351. The van der Waals surface area contributed by atoms with Crippen molar-refractivity contribution in [3.05, 3.63) is 18.3 Å². The van der Waals surface area contributed by atoms with Crippen molar-refractivity contribution in [1.29, 1.82) is 0 Å². The van der Waals surface area contributed by atoms with Crippen molar-refractivity contribution >= 4 is 11.5 Å². The summed E-state index contributed by atoms with van der Waals surface area (Å²) in [7, 11) is 4.03. The zero-order valence-corrected chi connectivity index (χ0v) is 11.8. The van der Waals surface area contributed by atoms with E-state index in [0.717, 1.165) is 29.9 Å². The van der Waals surface area contributed by atoms with Crippen molar-refractivity contribution in [2.45, 2.75) is 32.6 Å². The first-order valence-corrected chi connectivity index (χ1v) is 7.02. The van der Waals surface area contributed by atoms with Crippen molar-refractivity contribution in [2.75, 3.05) is 30.9 Å². The minimum Gasteiger partial charge on any atom is -0.384 e. The van der Waals surface area contributed by atoms with Crippen LogP contribution in [0.15, 0.2) is 18.3 Å². The SMILES string of the molecule is CC1CCC(CNc2ccc(N(C)C)nc2)CC1. The minimum absolute atomic E-state index is 0.842. The minimum atomic E-state index is 0.842. The smallest absolute Gasteiger partial charge is 0.128 e. The normalized spacial score (nSPS) is 23.7. The summed E-state index contributed by atoms with van der Waals surface area (Å²) < 4.78 is 0. The van der Waals surface area contributed by atoms with Gasteiger partial charge in [0.05, 0.1) is 11.9 Å². The lowest BCUT2D eigenvalue weighted by molar-refractivity contribution is 0.300. The summed E-state index contributed by atoms with van der Waals surface area (Å²) in [6.45, 7) is 3.46. The van der Waals surface area contributed by atoms with Crippen LogP contribution in [0, 0.1) is 11.8 Å². The number of nitrogens with zero attached hydrogens (tertiary/aromatic N) is 2. The molecule has 1 saturated carbocycles. The molecular formula is C15H25N3. The quantitative estimate of drug-likeness (QED) is 0.884. The van der Waals surface area contributed by atoms with Crippen molar-refractivity contribution in [3.63, 3.8) is 0 Å². The van der Waals surface area contributed by atoms with E-state index < -0.39 is 0 Å². The van der Waals surface area contributed by atoms with Crippen LogP contribution in [0.5, 0.6) is 0 Å². The number of rotatable bonds is 4. The first-order chi connectivity index (χ1) is 8.65. The molecule has 0 aromatic carbocycles. The zero-order valence-electron chi connectivity index (χ0n) is 11.8. The molecule has 3 heteroatoms. The molecule has 0 spiro atoms. The fourth-order valence-corrected chi connectivity index (χ4v) is 2.55. The highest BCUT2D eigenvalue weighted by atomic mass is 15.1. The molecule has 0 amide bonds. The molecule has 0 aliphatic heterocycles. The molecule has 0 unspecified atom stereocenters. The Morgan fingerprint density at radius 3 is 2.50 bits per heavy atom. The van der Waals surface area contributed by atoms with Gasteiger partial charge in [-0.05, 0) is 36.8 Å². The van der Waals surface area contributed by atoms with Gasteiger partial charge in [-0.1, -0.05) is 19.8 Å². The van der Waals surface area contributed by atoms with Crippen molar-refractivity contribution in [2.24, 2.45) is 11.8 Å². The van der Waals surface area contributed by atoms with Gasteiger partial charge in [0.25, 0.3) is 0 Å². The largest absolute Gasteiger partial charge is 0.384 e. The summed E-state index contributed by atoms with van der Waals surface area (Å²) >= 11 is 0. The number of aromatic nitrogens is 1. The van der Waals surface area contributed by atoms with E-state index in [1.165, 1.54) is 25.7 Å². The Kier molecular flexibility index (Phi) is 4.45. The maximum Gasteiger partial charge on any atom is 0.128 e. The Labute approximate surface area is 111 Å². The van der Waals surface area contributed by atoms with Crippen molar-refractivity contribution in [3.8, 4) is 0 Å². The summed E-state index contributed by atoms with van der Waals surface area (Å²) in [6.07, 6.45) is 7.46. The molecule has 0 saturated heterocycles. The van der Waals surface area contributed by atoms with Crippen molar-refractivity contribution < 1.29 is 0 Å². The van der Waals surface area contributed by atoms with E-state index in [4.69, 9.17) is 0 Å². The second-order valence-electron chi connectivity index (χ2n) is 5.81. The molecule has 0 radical (unpaired) electrons. The Hall–Kier alpha value is -1.25. The summed E-state index contributed by atoms with van der Waals surface area (Å²) in [4.78, 5) is 6.44. The van der Waals surface area contributed by atoms with Crippen LogP contribution in [-0.4, -0.2) is 25.6 Å². The lowest BCUT2D eigenvalue weighted by atomic mass is 9.83. The van der Waals surface area contributed by atoms with E-state index in [2.05, 4.69) is 29.4 Å². The van der Waals surface area contributed by atoms with Crippen LogP contribution >= 0.6 is 0 Å². The monoisotopic (exact) mass is 247 g/mol. The first kappa shape index (κ1) is 13.2. The number of hydrogen-bond acceptors (Lipinski definition) is 3. The standard InChI is InChI=1S/C15H25N3/c1-12-4-6-13(7-5-12)10-16-14-8-9-15(17-11-14)18(2)3/h8-9,11-13,16H,4-7,10H2,1-3H3. The zero-order chi connectivity index (χ0) is 13.0. The second kappa shape index (κ2) is 6.07. The van der Waals surface area contributed by atoms with Crippen LogP contribution in [-0.2, 0) is 0 Å². The average Bonchev–Trinajstić information content (AvgIpc) is 2.38. The van der Waals surface area contributed by atoms with Crippen LogP contribution in [0.2, 0.25) is 0 Å². The molecule has 1 fully saturated rings. The van der Waals surface area contributed by atoms with E-state index >= 15 is 0 Å². The van der Waals surface area contributed by atoms with Gasteiger partial charge in [0.1, 0.15) is 5.82 Å². The van der Waals surface area contributed by atoms with Gasteiger partial charge in [-0.15, -0.1) is 0 Å². The number of hydrogen-bond donors (Lipinski definition) is 1. The molecule has 100 valence electrons. The molecule has 1 aliphatic rings. The van der Waals surface area contributed by atoms with Crippen LogP contribution in [0.1, 0.15) is 32.6 Å². The second-order valence-corrected chi connectivity index (χ2v) is 5.81. The number of nitrogens with one attached hydrogen (secondary N) is 1. The fourth-order valence-electron chi connectivity index (χ4n) is 2.55. The molecule has 3 nitrogen and oxygen atoms in total. The van der Waals surface area contributed by atoms with E-state index in [1.807, 2.05) is 25.2 Å². The molecule has 2 rings (SSSR count). The highest BCUT2D eigenvalue weighted by Gasteiger charge is 2.17. The maximum atomic E-state index is 4.42. The molecular weight excluding hydrogens is 222 g/mol. The third-order valence-electron chi connectivity index (χ3n) is 3.94. The molecule has 1 N–H and O–H groups in total. The number of anilines is 2. The highest BCUT2D eigenvalue weighted by molar-refractivity contribution is 5.47. The van der Waals surface area contributed by atoms with Gasteiger partial charge >= 0.3 is 0 Å². The summed E-state index contributed by atoms with van der Waals surface area (Å²) in [5.74, 6) is 2.78. The van der Waals surface area contributed by atoms with Gasteiger partial charge in [-0.25, -0.2) is 4.98 Å². The molecule has 18 heavy (non-hydrogen) atoms. The molecule has 1 aliphatic carbocycles. The fraction of sp³-hybridized carbons (Fsp3) is 0.667. The molecule has 0 atom stereocenters. The summed E-state index contributed by atoms with van der Waals surface area (Å²) in [5.41, 5.74) is 1.14. The molecule has 1 heterocycles. The van der Waals surface area contributed by atoms with Crippen LogP contribution in [0.4, 0.5) is 11.5 Å². The topological polar surface area (TPSA) is 28.2 Å². The lowest BCUT2D eigenvalue weighted by Gasteiger charge is -2.26. The van der Waals surface area contributed by atoms with Gasteiger partial charge in [0.15, 0.2) is 0 Å². The van der Waals surface area contributed by atoms with Gasteiger partial charge in [0, 0.05) is 20.6 Å². The van der Waals surface area contributed by atoms with E-state index in [-0.39, 0.29) is 0 Å². The molecule has 1 aromatic rings. The van der Waals surface area contributed by atoms with E-state index in [0.29, 0.717) is 0 Å². The summed E-state index contributed by atoms with van der Waals surface area (Å²) in [6, 6.07) is 4.18. The third-order valence-corrected chi connectivity index (χ3v) is 3.94. The Morgan fingerprint density at radius 1 is 1.22 bits per heavy atom. The van der Waals surface area contributed by atoms with Gasteiger partial charge in [0.2, 0.25) is 0 Å². The Balaban J connectivity index is 1.79. The maximum absolute atomic E-state index is 4.42. The van der Waals surface area contributed by atoms with Gasteiger partial charge in [-0.3, -0.25) is 0 Å². The lowest BCUT2D eigenvalue weighted by Crippen LogP contribution is -2.20. The summed E-state index contributed by atoms with van der Waals surface area (Å²) in [5, 5.41) is 3.51. The predicted molar refractivity (Wildman–Crippen MR) is 78.2 cm³/mol. The van der Waals surface area contributed by atoms with Crippen LogP contribution < -0.4 is 10.2 Å². The third kappa shape index (κ3) is 3.62. The van der Waals surface area contributed by atoms with Crippen molar-refractivity contribution in [1.82, 2.24) is 4.98 Å². The van der Waals surface area contributed by atoms with Crippen LogP contribution in [0.3, 0.4) is 0 Å². The van der Waals surface area contributed by atoms with E-state index in [1.54, 1.807) is 0 Å².